The quantitative estimate of drug-likeness (QED) is 0.468. The van der Waals surface area contributed by atoms with Crippen molar-refractivity contribution in [2.75, 3.05) is 13.1 Å². The second-order valence-corrected chi connectivity index (χ2v) is 1.77. The summed E-state index contributed by atoms with van der Waals surface area (Å²) in [6.45, 7) is 5.72. The first-order valence-corrected chi connectivity index (χ1v) is 2.57. The molecule has 2 nitrogen and oxygen atoms in total. The van der Waals surface area contributed by atoms with E-state index in [-0.39, 0.29) is 0 Å². The molecule has 0 aromatic heterocycles. The topological polar surface area (TPSA) is 21.3 Å². The van der Waals surface area contributed by atoms with Gasteiger partial charge in [-0.15, -0.1) is 0 Å². The van der Waals surface area contributed by atoms with E-state index in [2.05, 4.69) is 5.32 Å². The van der Waals surface area contributed by atoms with Crippen molar-refractivity contribution in [2.24, 2.45) is 0 Å². The second-order valence-electron chi connectivity index (χ2n) is 1.77. The number of rotatable bonds is 0. The Morgan fingerprint density at radius 2 is 2.71 bits per heavy atom. The van der Waals surface area contributed by atoms with Crippen molar-refractivity contribution in [3.05, 3.63) is 6.61 Å². The first kappa shape index (κ1) is 5.06. The van der Waals surface area contributed by atoms with Gasteiger partial charge < -0.3 is 10.1 Å². The minimum atomic E-state index is 0.369. The van der Waals surface area contributed by atoms with Crippen LogP contribution in [-0.4, -0.2) is 19.2 Å². The predicted octanol–water partition coefficient (Wildman–Crippen LogP) is 0.156. The smallest absolute Gasteiger partial charge is 0.0977 e. The lowest BCUT2D eigenvalue weighted by Gasteiger charge is -2.18. The first-order valence-electron chi connectivity index (χ1n) is 2.57. The van der Waals surface area contributed by atoms with Crippen LogP contribution >= 0.6 is 0 Å². The summed E-state index contributed by atoms with van der Waals surface area (Å²) in [6.07, 6.45) is 0.369. The van der Waals surface area contributed by atoms with E-state index in [1.165, 1.54) is 0 Å². The van der Waals surface area contributed by atoms with Crippen LogP contribution in [0.2, 0.25) is 0 Å². The van der Waals surface area contributed by atoms with Gasteiger partial charge in [-0.25, -0.2) is 0 Å². The summed E-state index contributed by atoms with van der Waals surface area (Å²) < 4.78 is 5.09. The summed E-state index contributed by atoms with van der Waals surface area (Å²) in [5.41, 5.74) is 0. The Hall–Kier alpha value is -0.0800. The van der Waals surface area contributed by atoms with Gasteiger partial charge in [0, 0.05) is 13.1 Å². The third-order valence-electron chi connectivity index (χ3n) is 0.988. The summed E-state index contributed by atoms with van der Waals surface area (Å²) in [6, 6.07) is 0. The van der Waals surface area contributed by atoms with Crippen molar-refractivity contribution >= 4 is 0 Å². The van der Waals surface area contributed by atoms with Gasteiger partial charge in [-0.1, -0.05) is 0 Å². The van der Waals surface area contributed by atoms with Crippen LogP contribution < -0.4 is 5.32 Å². The van der Waals surface area contributed by atoms with Gasteiger partial charge in [0.15, 0.2) is 0 Å². The van der Waals surface area contributed by atoms with Gasteiger partial charge in [-0.2, -0.15) is 0 Å². The number of ether oxygens (including phenoxy) is 1. The molecule has 1 fully saturated rings. The highest BCUT2D eigenvalue weighted by molar-refractivity contribution is 4.67. The number of hydrogen-bond acceptors (Lipinski definition) is 2. The first-order chi connectivity index (χ1) is 3.39. The zero-order valence-corrected chi connectivity index (χ0v) is 4.48. The molecule has 1 saturated heterocycles. The van der Waals surface area contributed by atoms with Crippen LogP contribution in [0.15, 0.2) is 0 Å². The predicted molar refractivity (Wildman–Crippen MR) is 27.7 cm³/mol. The Kier molecular flexibility index (Phi) is 1.65. The zero-order valence-electron chi connectivity index (χ0n) is 4.48. The lowest BCUT2D eigenvalue weighted by atomic mass is 10.3. The van der Waals surface area contributed by atoms with Crippen molar-refractivity contribution in [2.45, 2.75) is 13.0 Å². The number of nitrogens with one attached hydrogen (secondary N) is 1. The maximum atomic E-state index is 5.09. The van der Waals surface area contributed by atoms with Crippen LogP contribution in [0.4, 0.5) is 0 Å². The SMILES string of the molecule is C[C@@H]1CNC[CH]O1. The summed E-state index contributed by atoms with van der Waals surface area (Å²) >= 11 is 0. The molecule has 1 rings (SSSR count). The molecular formula is C5H10NO. The molecule has 1 aliphatic heterocycles. The molecule has 1 radical (unpaired) electrons. The average Bonchev–Trinajstić information content (AvgIpc) is 1.69. The molecule has 0 aromatic rings. The highest BCUT2D eigenvalue weighted by Crippen LogP contribution is 1.95. The molecule has 0 bridgehead atoms. The third-order valence-corrected chi connectivity index (χ3v) is 0.988. The van der Waals surface area contributed by atoms with E-state index < -0.39 is 0 Å². The Labute approximate surface area is 43.9 Å². The summed E-state index contributed by atoms with van der Waals surface area (Å²) in [5, 5.41) is 3.15. The molecule has 1 aliphatic rings. The Balaban J connectivity index is 2.12. The van der Waals surface area contributed by atoms with Gasteiger partial charge in [0.05, 0.1) is 12.7 Å². The van der Waals surface area contributed by atoms with Gasteiger partial charge >= 0.3 is 0 Å². The van der Waals surface area contributed by atoms with E-state index in [1.807, 2.05) is 6.92 Å². The molecule has 0 unspecified atom stereocenters. The molecule has 1 atom stereocenters. The van der Waals surface area contributed by atoms with Crippen LogP contribution in [0.1, 0.15) is 6.92 Å². The monoisotopic (exact) mass is 100 g/mol. The molecule has 0 spiro atoms. The molecule has 1 heterocycles. The van der Waals surface area contributed by atoms with E-state index >= 15 is 0 Å². The summed E-state index contributed by atoms with van der Waals surface area (Å²) in [4.78, 5) is 0. The van der Waals surface area contributed by atoms with Crippen LogP contribution in [0, 0.1) is 6.61 Å². The Morgan fingerprint density at radius 3 is 3.00 bits per heavy atom. The van der Waals surface area contributed by atoms with E-state index in [1.54, 1.807) is 6.61 Å². The van der Waals surface area contributed by atoms with Gasteiger partial charge in [-0.3, -0.25) is 0 Å². The lowest BCUT2D eigenvalue weighted by Crippen LogP contribution is -2.33. The molecule has 0 amide bonds. The Bertz CT molecular complexity index is 50.0. The fraction of sp³-hybridized carbons (Fsp3) is 0.800. The summed E-state index contributed by atoms with van der Waals surface area (Å²) in [7, 11) is 0. The van der Waals surface area contributed by atoms with Crippen LogP contribution in [0.3, 0.4) is 0 Å². The molecule has 0 aromatic carbocycles. The minimum absolute atomic E-state index is 0.369. The fourth-order valence-corrected chi connectivity index (χ4v) is 0.606. The van der Waals surface area contributed by atoms with E-state index in [9.17, 15) is 0 Å². The van der Waals surface area contributed by atoms with Crippen LogP contribution in [-0.2, 0) is 4.74 Å². The largest absolute Gasteiger partial charge is 0.370 e. The van der Waals surface area contributed by atoms with Crippen molar-refractivity contribution in [1.29, 1.82) is 0 Å². The van der Waals surface area contributed by atoms with E-state index in [0.29, 0.717) is 6.10 Å². The standard InChI is InChI=1S/C5H10NO/c1-5-4-6-2-3-7-5/h3,5-6H,2,4H2,1H3/t5-/m1/s1. The van der Waals surface area contributed by atoms with Gasteiger partial charge in [0.1, 0.15) is 0 Å². The normalized spacial score (nSPS) is 33.0. The van der Waals surface area contributed by atoms with Crippen LogP contribution in [0.25, 0.3) is 0 Å². The van der Waals surface area contributed by atoms with Crippen molar-refractivity contribution < 1.29 is 4.74 Å². The Morgan fingerprint density at radius 1 is 1.86 bits per heavy atom. The summed E-state index contributed by atoms with van der Waals surface area (Å²) in [5.74, 6) is 0. The molecular weight excluding hydrogens is 90.1 g/mol. The molecule has 0 aliphatic carbocycles. The fourth-order valence-electron chi connectivity index (χ4n) is 0.606. The number of morpholine rings is 1. The van der Waals surface area contributed by atoms with Crippen molar-refractivity contribution in [1.82, 2.24) is 5.32 Å². The lowest BCUT2D eigenvalue weighted by molar-refractivity contribution is 0.0909. The molecule has 41 valence electrons. The van der Waals surface area contributed by atoms with E-state index in [0.717, 1.165) is 13.1 Å². The second kappa shape index (κ2) is 2.28. The molecule has 1 N–H and O–H groups in total. The van der Waals surface area contributed by atoms with E-state index in [4.69, 9.17) is 4.74 Å². The van der Waals surface area contributed by atoms with Crippen molar-refractivity contribution in [3.63, 3.8) is 0 Å². The molecule has 2 heteroatoms. The molecule has 7 heavy (non-hydrogen) atoms. The average molecular weight is 100 g/mol. The minimum Gasteiger partial charge on any atom is -0.370 e. The highest BCUT2D eigenvalue weighted by Gasteiger charge is 2.05. The van der Waals surface area contributed by atoms with Gasteiger partial charge in [-0.05, 0) is 6.92 Å². The molecule has 0 saturated carbocycles. The van der Waals surface area contributed by atoms with Crippen LogP contribution in [0.5, 0.6) is 0 Å². The van der Waals surface area contributed by atoms with Gasteiger partial charge in [0.25, 0.3) is 0 Å². The van der Waals surface area contributed by atoms with Gasteiger partial charge in [0.2, 0.25) is 0 Å². The number of hydrogen-bond donors (Lipinski definition) is 1. The zero-order chi connectivity index (χ0) is 5.11. The maximum Gasteiger partial charge on any atom is 0.0977 e. The van der Waals surface area contributed by atoms with Crippen molar-refractivity contribution in [3.8, 4) is 0 Å². The highest BCUT2D eigenvalue weighted by atomic mass is 16.5. The third kappa shape index (κ3) is 1.45. The maximum absolute atomic E-state index is 5.09.